The summed E-state index contributed by atoms with van der Waals surface area (Å²) in [5, 5.41) is 7.06. The predicted molar refractivity (Wildman–Crippen MR) is 122 cm³/mol. The van der Waals surface area contributed by atoms with E-state index < -0.39 is 0 Å². The Morgan fingerprint density at radius 3 is 2.79 bits per heavy atom. The molecule has 4 heterocycles. The Balaban J connectivity index is 1.41. The Hall–Kier alpha value is -4.37. The molecule has 1 N–H and O–H groups in total. The number of imidazole rings is 1. The molecule has 0 radical (unpaired) electrons. The average molecular weight is 440 g/mol. The molecule has 9 nitrogen and oxygen atoms in total. The summed E-state index contributed by atoms with van der Waals surface area (Å²) < 4.78 is 12.3. The van der Waals surface area contributed by atoms with Crippen LogP contribution < -0.4 is 5.32 Å². The molecule has 0 saturated carbocycles. The van der Waals surface area contributed by atoms with Crippen LogP contribution in [0.1, 0.15) is 21.6 Å². The number of fused-ring (bicyclic) bond motifs is 1. The summed E-state index contributed by atoms with van der Waals surface area (Å²) in [4.78, 5) is 25.9. The van der Waals surface area contributed by atoms with Crippen molar-refractivity contribution >= 4 is 17.2 Å². The smallest absolute Gasteiger partial charge is 0.274 e. The summed E-state index contributed by atoms with van der Waals surface area (Å²) in [5.74, 6) is 0.558. The standard InChI is InChI=1S/C24H20N6O3/c1-15-3-4-18(22-28-24(33-29-22)17-5-8-25-9-6-17)12-19(15)27-23(31)20-13-26-21-11-16(14-32-2)7-10-30(20)21/h3-13H,14H2,1-2H3,(H,27,31). The molecule has 5 rings (SSSR count). The molecule has 0 saturated heterocycles. The zero-order valence-corrected chi connectivity index (χ0v) is 18.0. The van der Waals surface area contributed by atoms with Crippen molar-refractivity contribution in [1.29, 1.82) is 0 Å². The predicted octanol–water partition coefficient (Wildman–Crippen LogP) is 4.15. The molecule has 0 aliphatic rings. The molecule has 164 valence electrons. The number of methoxy groups -OCH3 is 1. The second-order valence-electron chi connectivity index (χ2n) is 7.48. The number of hydrogen-bond donors (Lipinski definition) is 1. The quantitative estimate of drug-likeness (QED) is 0.422. The summed E-state index contributed by atoms with van der Waals surface area (Å²) in [6, 6.07) is 13.0. The number of pyridine rings is 2. The number of rotatable bonds is 6. The Labute approximate surface area is 189 Å². The number of ether oxygens (including phenoxy) is 1. The van der Waals surface area contributed by atoms with E-state index in [2.05, 4.69) is 25.4 Å². The van der Waals surface area contributed by atoms with Crippen LogP contribution in [0.4, 0.5) is 5.69 Å². The Bertz CT molecular complexity index is 1440. The molecule has 0 bridgehead atoms. The summed E-state index contributed by atoms with van der Waals surface area (Å²) in [5.41, 5.74) is 5.15. The third-order valence-electron chi connectivity index (χ3n) is 5.22. The van der Waals surface area contributed by atoms with E-state index in [1.165, 1.54) is 0 Å². The fourth-order valence-electron chi connectivity index (χ4n) is 3.48. The summed E-state index contributed by atoms with van der Waals surface area (Å²) >= 11 is 0. The van der Waals surface area contributed by atoms with Crippen molar-refractivity contribution in [3.05, 3.63) is 84.1 Å². The summed E-state index contributed by atoms with van der Waals surface area (Å²) in [7, 11) is 1.64. The van der Waals surface area contributed by atoms with Crippen molar-refractivity contribution in [3.8, 4) is 22.8 Å². The van der Waals surface area contributed by atoms with Gasteiger partial charge in [0.25, 0.3) is 11.8 Å². The van der Waals surface area contributed by atoms with Crippen LogP contribution in [0, 0.1) is 6.92 Å². The highest BCUT2D eigenvalue weighted by atomic mass is 16.5. The van der Waals surface area contributed by atoms with Gasteiger partial charge in [0.15, 0.2) is 0 Å². The Morgan fingerprint density at radius 1 is 1.12 bits per heavy atom. The van der Waals surface area contributed by atoms with E-state index in [0.29, 0.717) is 35.4 Å². The monoisotopic (exact) mass is 440 g/mol. The van der Waals surface area contributed by atoms with Crippen molar-refractivity contribution in [3.63, 3.8) is 0 Å². The van der Waals surface area contributed by atoms with Crippen LogP contribution in [0.3, 0.4) is 0 Å². The van der Waals surface area contributed by atoms with Gasteiger partial charge in [0, 0.05) is 42.5 Å². The number of carbonyl (C=O) groups is 1. The number of anilines is 1. The number of nitrogens with zero attached hydrogens (tertiary/aromatic N) is 5. The molecular weight excluding hydrogens is 420 g/mol. The second-order valence-corrected chi connectivity index (χ2v) is 7.48. The van der Waals surface area contributed by atoms with Crippen LogP contribution in [0.2, 0.25) is 0 Å². The minimum atomic E-state index is -0.271. The number of nitrogens with one attached hydrogen (secondary N) is 1. The fraction of sp³-hybridized carbons (Fsp3) is 0.125. The SMILES string of the molecule is COCc1ccn2c(C(=O)Nc3cc(-c4noc(-c5ccncc5)n4)ccc3C)cnc2c1. The number of amides is 1. The van der Waals surface area contributed by atoms with E-state index >= 15 is 0 Å². The van der Waals surface area contributed by atoms with E-state index in [-0.39, 0.29) is 5.91 Å². The number of aryl methyl sites for hydroxylation is 1. The average Bonchev–Trinajstić information content (AvgIpc) is 3.49. The maximum Gasteiger partial charge on any atom is 0.274 e. The first-order chi connectivity index (χ1) is 16.1. The van der Waals surface area contributed by atoms with Crippen LogP contribution in [0.25, 0.3) is 28.5 Å². The van der Waals surface area contributed by atoms with Gasteiger partial charge in [-0.25, -0.2) is 4.98 Å². The van der Waals surface area contributed by atoms with E-state index in [0.717, 1.165) is 22.3 Å². The second kappa shape index (κ2) is 8.64. The molecule has 0 aliphatic carbocycles. The van der Waals surface area contributed by atoms with E-state index in [9.17, 15) is 4.79 Å². The van der Waals surface area contributed by atoms with Gasteiger partial charge >= 0.3 is 0 Å². The molecule has 33 heavy (non-hydrogen) atoms. The van der Waals surface area contributed by atoms with Gasteiger partial charge < -0.3 is 14.6 Å². The maximum atomic E-state index is 13.0. The highest BCUT2D eigenvalue weighted by molar-refractivity contribution is 6.04. The topological polar surface area (TPSA) is 107 Å². The number of benzene rings is 1. The van der Waals surface area contributed by atoms with Crippen LogP contribution in [0.5, 0.6) is 0 Å². The third-order valence-corrected chi connectivity index (χ3v) is 5.22. The number of hydrogen-bond acceptors (Lipinski definition) is 7. The zero-order chi connectivity index (χ0) is 22.8. The molecule has 1 amide bonds. The molecule has 0 spiro atoms. The highest BCUT2D eigenvalue weighted by Gasteiger charge is 2.16. The van der Waals surface area contributed by atoms with Crippen LogP contribution in [0.15, 0.2) is 71.8 Å². The van der Waals surface area contributed by atoms with Gasteiger partial charge in [0.2, 0.25) is 5.82 Å². The van der Waals surface area contributed by atoms with E-state index in [1.54, 1.807) is 42.2 Å². The van der Waals surface area contributed by atoms with Gasteiger partial charge in [-0.1, -0.05) is 17.3 Å². The molecule has 0 atom stereocenters. The zero-order valence-electron chi connectivity index (χ0n) is 18.0. The Morgan fingerprint density at radius 2 is 1.97 bits per heavy atom. The van der Waals surface area contributed by atoms with Crippen LogP contribution >= 0.6 is 0 Å². The van der Waals surface area contributed by atoms with Gasteiger partial charge in [-0.15, -0.1) is 0 Å². The molecule has 0 fully saturated rings. The van der Waals surface area contributed by atoms with Gasteiger partial charge in [-0.2, -0.15) is 4.98 Å². The highest BCUT2D eigenvalue weighted by Crippen LogP contribution is 2.26. The number of carbonyl (C=O) groups excluding carboxylic acids is 1. The lowest BCUT2D eigenvalue weighted by molar-refractivity contribution is 0.102. The molecule has 0 aliphatic heterocycles. The molecule has 1 aromatic carbocycles. The lowest BCUT2D eigenvalue weighted by atomic mass is 10.1. The van der Waals surface area contributed by atoms with Crippen molar-refractivity contribution in [2.45, 2.75) is 13.5 Å². The van der Waals surface area contributed by atoms with Crippen molar-refractivity contribution in [2.75, 3.05) is 12.4 Å². The van der Waals surface area contributed by atoms with Crippen molar-refractivity contribution in [1.82, 2.24) is 24.5 Å². The third kappa shape index (κ3) is 4.09. The number of aromatic nitrogens is 5. The minimum absolute atomic E-state index is 0.271. The lowest BCUT2D eigenvalue weighted by Gasteiger charge is -2.10. The molecular formula is C24H20N6O3. The van der Waals surface area contributed by atoms with Crippen molar-refractivity contribution < 1.29 is 14.1 Å². The molecule has 9 heteroatoms. The minimum Gasteiger partial charge on any atom is -0.380 e. The van der Waals surface area contributed by atoms with E-state index in [4.69, 9.17) is 9.26 Å². The van der Waals surface area contributed by atoms with E-state index in [1.807, 2.05) is 43.5 Å². The normalized spacial score (nSPS) is 11.1. The summed E-state index contributed by atoms with van der Waals surface area (Å²) in [6.07, 6.45) is 6.70. The first-order valence-electron chi connectivity index (χ1n) is 10.2. The van der Waals surface area contributed by atoms with Gasteiger partial charge in [0.05, 0.1) is 12.8 Å². The maximum absolute atomic E-state index is 13.0. The lowest BCUT2D eigenvalue weighted by Crippen LogP contribution is -2.15. The van der Waals surface area contributed by atoms with Gasteiger partial charge in [0.1, 0.15) is 11.3 Å². The molecule has 4 aromatic heterocycles. The van der Waals surface area contributed by atoms with Crippen LogP contribution in [-0.2, 0) is 11.3 Å². The first kappa shape index (κ1) is 20.5. The van der Waals surface area contributed by atoms with Gasteiger partial charge in [-0.3, -0.25) is 14.2 Å². The largest absolute Gasteiger partial charge is 0.380 e. The molecule has 0 unspecified atom stereocenters. The van der Waals surface area contributed by atoms with Crippen molar-refractivity contribution in [2.24, 2.45) is 0 Å². The van der Waals surface area contributed by atoms with Gasteiger partial charge in [-0.05, 0) is 48.4 Å². The summed E-state index contributed by atoms with van der Waals surface area (Å²) in [6.45, 7) is 2.40. The first-order valence-corrected chi connectivity index (χ1v) is 10.2. The molecule has 5 aromatic rings. The van der Waals surface area contributed by atoms with Crippen LogP contribution in [-0.4, -0.2) is 37.5 Å². The Kier molecular flexibility index (Phi) is 5.37. The fourth-order valence-corrected chi connectivity index (χ4v) is 3.48.